The van der Waals surface area contributed by atoms with E-state index < -0.39 is 9.84 Å². The molecule has 4 heteroatoms. The van der Waals surface area contributed by atoms with Crippen LogP contribution in [0.1, 0.15) is 59.3 Å². The van der Waals surface area contributed by atoms with Gasteiger partial charge in [-0.05, 0) is 52.0 Å². The summed E-state index contributed by atoms with van der Waals surface area (Å²) >= 11 is 0. The molecular weight excluding hydrogens is 246 g/mol. The van der Waals surface area contributed by atoms with Crippen molar-refractivity contribution in [3.05, 3.63) is 0 Å². The van der Waals surface area contributed by atoms with E-state index in [1.165, 1.54) is 25.7 Å². The Morgan fingerprint density at radius 2 is 1.83 bits per heavy atom. The first-order chi connectivity index (χ1) is 8.47. The van der Waals surface area contributed by atoms with Crippen LogP contribution in [-0.4, -0.2) is 32.0 Å². The van der Waals surface area contributed by atoms with Gasteiger partial charge in [-0.2, -0.15) is 0 Å². The minimum atomic E-state index is -2.86. The van der Waals surface area contributed by atoms with Gasteiger partial charge >= 0.3 is 0 Å². The summed E-state index contributed by atoms with van der Waals surface area (Å²) in [5.41, 5.74) is 0. The van der Waals surface area contributed by atoms with Crippen LogP contribution in [0.4, 0.5) is 0 Å². The maximum atomic E-state index is 11.8. The normalized spacial score (nSPS) is 19.6. The molecule has 1 aliphatic carbocycles. The fourth-order valence-electron chi connectivity index (χ4n) is 2.87. The zero-order chi connectivity index (χ0) is 13.6. The highest BCUT2D eigenvalue weighted by Gasteiger charge is 2.25. The lowest BCUT2D eigenvalue weighted by atomic mass is 9.94. The quantitative estimate of drug-likeness (QED) is 0.741. The molecule has 0 amide bonds. The van der Waals surface area contributed by atoms with Gasteiger partial charge in [0.25, 0.3) is 0 Å². The fourth-order valence-corrected chi connectivity index (χ4v) is 3.91. The highest BCUT2D eigenvalue weighted by atomic mass is 32.2. The van der Waals surface area contributed by atoms with Gasteiger partial charge in [0, 0.05) is 6.04 Å². The molecule has 0 aliphatic heterocycles. The lowest BCUT2D eigenvalue weighted by molar-refractivity contribution is 0.343. The average molecular weight is 275 g/mol. The molecule has 1 aliphatic rings. The van der Waals surface area contributed by atoms with Crippen LogP contribution in [0.25, 0.3) is 0 Å². The van der Waals surface area contributed by atoms with Crippen LogP contribution in [0.15, 0.2) is 0 Å². The predicted octanol–water partition coefficient (Wildman–Crippen LogP) is 2.76. The second-order valence-corrected chi connectivity index (χ2v) is 8.44. The number of hydrogen-bond acceptors (Lipinski definition) is 3. The van der Waals surface area contributed by atoms with Gasteiger partial charge in [0.1, 0.15) is 0 Å². The molecule has 0 aromatic carbocycles. The molecule has 0 aromatic heterocycles. The molecule has 1 atom stereocenters. The monoisotopic (exact) mass is 275 g/mol. The summed E-state index contributed by atoms with van der Waals surface area (Å²) in [7, 11) is -2.86. The Morgan fingerprint density at radius 1 is 1.22 bits per heavy atom. The van der Waals surface area contributed by atoms with E-state index in [0.717, 1.165) is 25.3 Å². The van der Waals surface area contributed by atoms with E-state index in [-0.39, 0.29) is 5.25 Å². The van der Waals surface area contributed by atoms with Gasteiger partial charge in [-0.15, -0.1) is 0 Å². The maximum absolute atomic E-state index is 11.8. The van der Waals surface area contributed by atoms with Crippen molar-refractivity contribution in [2.75, 3.05) is 12.3 Å². The van der Waals surface area contributed by atoms with Gasteiger partial charge < -0.3 is 5.32 Å². The van der Waals surface area contributed by atoms with Crippen LogP contribution in [0, 0.1) is 5.92 Å². The highest BCUT2D eigenvalue weighted by molar-refractivity contribution is 7.91. The van der Waals surface area contributed by atoms with Gasteiger partial charge in [-0.25, -0.2) is 8.42 Å². The fraction of sp³-hybridized carbons (Fsp3) is 1.00. The molecule has 1 saturated carbocycles. The van der Waals surface area contributed by atoms with Gasteiger partial charge in [-0.3, -0.25) is 0 Å². The van der Waals surface area contributed by atoms with Crippen molar-refractivity contribution in [1.82, 2.24) is 5.32 Å². The molecule has 3 nitrogen and oxygen atoms in total. The second-order valence-electron chi connectivity index (χ2n) is 5.77. The zero-order valence-electron chi connectivity index (χ0n) is 12.1. The molecule has 0 spiro atoms. The number of sulfone groups is 1. The number of hydrogen-bond donors (Lipinski definition) is 1. The Kier molecular flexibility index (Phi) is 6.64. The van der Waals surface area contributed by atoms with Crippen molar-refractivity contribution in [1.29, 1.82) is 0 Å². The Hall–Kier alpha value is -0.0900. The molecule has 0 saturated heterocycles. The van der Waals surface area contributed by atoms with Crippen molar-refractivity contribution in [2.24, 2.45) is 5.92 Å². The molecular formula is C14H29NO2S. The minimum absolute atomic E-state index is 0.235. The van der Waals surface area contributed by atoms with Gasteiger partial charge in [0.05, 0.1) is 11.0 Å². The molecule has 1 N–H and O–H groups in total. The SMILES string of the molecule is CCNC(CCCS(=O)(=O)C(C)C)C1CCCC1. The highest BCUT2D eigenvalue weighted by Crippen LogP contribution is 2.29. The molecule has 108 valence electrons. The van der Waals surface area contributed by atoms with Gasteiger partial charge in [0.15, 0.2) is 9.84 Å². The summed E-state index contributed by atoms with van der Waals surface area (Å²) in [5, 5.41) is 3.31. The van der Waals surface area contributed by atoms with Crippen molar-refractivity contribution in [3.8, 4) is 0 Å². The second kappa shape index (κ2) is 7.49. The smallest absolute Gasteiger partial charge is 0.152 e. The molecule has 0 radical (unpaired) electrons. The van der Waals surface area contributed by atoms with E-state index in [1.54, 1.807) is 13.8 Å². The Bertz CT molecular complexity index is 319. The van der Waals surface area contributed by atoms with E-state index in [2.05, 4.69) is 12.2 Å². The Balaban J connectivity index is 2.38. The van der Waals surface area contributed by atoms with E-state index in [1.807, 2.05) is 0 Å². The first-order valence-corrected chi connectivity index (χ1v) is 9.14. The first-order valence-electron chi connectivity index (χ1n) is 7.42. The lowest BCUT2D eigenvalue weighted by Crippen LogP contribution is -2.35. The van der Waals surface area contributed by atoms with Crippen LogP contribution in [0.2, 0.25) is 0 Å². The summed E-state index contributed by atoms with van der Waals surface area (Å²) in [6, 6.07) is 0.528. The van der Waals surface area contributed by atoms with E-state index >= 15 is 0 Å². The topological polar surface area (TPSA) is 46.2 Å². The number of nitrogens with one attached hydrogen (secondary N) is 1. The van der Waals surface area contributed by atoms with Crippen molar-refractivity contribution in [3.63, 3.8) is 0 Å². The van der Waals surface area contributed by atoms with Crippen molar-refractivity contribution in [2.45, 2.75) is 70.6 Å². The summed E-state index contributed by atoms with van der Waals surface area (Å²) in [6.45, 7) is 6.66. The predicted molar refractivity (Wildman–Crippen MR) is 77.6 cm³/mol. The van der Waals surface area contributed by atoms with E-state index in [9.17, 15) is 8.42 Å². The van der Waals surface area contributed by atoms with E-state index in [0.29, 0.717) is 11.8 Å². The van der Waals surface area contributed by atoms with Crippen LogP contribution < -0.4 is 5.32 Å². The lowest BCUT2D eigenvalue weighted by Gasteiger charge is -2.24. The molecule has 1 unspecified atom stereocenters. The Morgan fingerprint density at radius 3 is 2.33 bits per heavy atom. The molecule has 0 aromatic rings. The van der Waals surface area contributed by atoms with Crippen molar-refractivity contribution < 1.29 is 8.42 Å². The standard InChI is InChI=1S/C14H29NO2S/c1-4-15-14(13-8-5-6-9-13)10-7-11-18(16,17)12(2)3/h12-15H,4-11H2,1-3H3. The summed E-state index contributed by atoms with van der Waals surface area (Å²) in [6.07, 6.45) is 7.12. The first kappa shape index (κ1) is 16.0. The molecule has 1 fully saturated rings. The molecule has 18 heavy (non-hydrogen) atoms. The summed E-state index contributed by atoms with van der Waals surface area (Å²) < 4.78 is 23.5. The molecule has 0 heterocycles. The van der Waals surface area contributed by atoms with Crippen molar-refractivity contribution >= 4 is 9.84 Å². The third-order valence-corrected chi connectivity index (χ3v) is 6.39. The maximum Gasteiger partial charge on any atom is 0.152 e. The third-order valence-electron chi connectivity index (χ3n) is 4.10. The van der Waals surface area contributed by atoms with Crippen LogP contribution in [-0.2, 0) is 9.84 Å². The largest absolute Gasteiger partial charge is 0.314 e. The number of rotatable bonds is 8. The van der Waals surface area contributed by atoms with Gasteiger partial charge in [-0.1, -0.05) is 19.8 Å². The summed E-state index contributed by atoms with van der Waals surface area (Å²) in [5.74, 6) is 1.12. The summed E-state index contributed by atoms with van der Waals surface area (Å²) in [4.78, 5) is 0. The van der Waals surface area contributed by atoms with Crippen LogP contribution in [0.5, 0.6) is 0 Å². The molecule has 1 rings (SSSR count). The zero-order valence-corrected chi connectivity index (χ0v) is 12.9. The van der Waals surface area contributed by atoms with Gasteiger partial charge in [0.2, 0.25) is 0 Å². The average Bonchev–Trinajstić information content (AvgIpc) is 2.80. The third kappa shape index (κ3) is 4.88. The van der Waals surface area contributed by atoms with Crippen LogP contribution >= 0.6 is 0 Å². The molecule has 0 bridgehead atoms. The Labute approximate surface area is 113 Å². The van der Waals surface area contributed by atoms with Crippen LogP contribution in [0.3, 0.4) is 0 Å². The van der Waals surface area contributed by atoms with E-state index in [4.69, 9.17) is 0 Å². The minimum Gasteiger partial charge on any atom is -0.314 e.